The van der Waals surface area contributed by atoms with Crippen LogP contribution in [-0.4, -0.2) is 10.7 Å². The van der Waals surface area contributed by atoms with E-state index in [0.717, 1.165) is 33.5 Å². The highest BCUT2D eigenvalue weighted by molar-refractivity contribution is 9.10. The summed E-state index contributed by atoms with van der Waals surface area (Å²) in [5, 5.41) is 7.16. The van der Waals surface area contributed by atoms with Crippen molar-refractivity contribution in [2.45, 2.75) is 18.7 Å². The molecule has 2 heterocycles. The van der Waals surface area contributed by atoms with Gasteiger partial charge in [-0.2, -0.15) is 5.10 Å². The zero-order valence-corrected chi connectivity index (χ0v) is 17.0. The molecule has 28 heavy (non-hydrogen) atoms. The molecule has 0 saturated heterocycles. The first-order chi connectivity index (χ1) is 13.6. The molecule has 2 aliphatic rings. The van der Waals surface area contributed by atoms with Gasteiger partial charge in [-0.3, -0.25) is 0 Å². The van der Waals surface area contributed by atoms with Crippen molar-refractivity contribution in [2.75, 3.05) is 0 Å². The Labute approximate surface area is 175 Å². The summed E-state index contributed by atoms with van der Waals surface area (Å²) >= 11 is 9.60. The standard InChI is InChI=1S/C22H15BrClFN2O/c23-14-7-5-13(6-8-14)19-12-20-16-3-1-2-4-21(16)28-22(27(20)26-19)17-11-15(24)9-10-18(17)25/h1-11,20,22H,12H2/t20-,22-/m0/s1. The van der Waals surface area contributed by atoms with Crippen LogP contribution in [0.5, 0.6) is 5.75 Å². The number of benzene rings is 3. The maximum atomic E-state index is 14.6. The van der Waals surface area contributed by atoms with Crippen molar-refractivity contribution in [1.29, 1.82) is 0 Å². The van der Waals surface area contributed by atoms with Crippen molar-refractivity contribution in [1.82, 2.24) is 5.01 Å². The van der Waals surface area contributed by atoms with Crippen molar-refractivity contribution in [3.05, 3.63) is 98.7 Å². The predicted molar refractivity (Wildman–Crippen MR) is 111 cm³/mol. The lowest BCUT2D eigenvalue weighted by Gasteiger charge is -2.38. The largest absolute Gasteiger partial charge is 0.464 e. The Hall–Kier alpha value is -2.37. The van der Waals surface area contributed by atoms with Gasteiger partial charge >= 0.3 is 0 Å². The summed E-state index contributed by atoms with van der Waals surface area (Å²) in [6, 6.07) is 20.4. The van der Waals surface area contributed by atoms with Crippen LogP contribution < -0.4 is 4.74 Å². The second-order valence-electron chi connectivity index (χ2n) is 6.83. The van der Waals surface area contributed by atoms with Crippen molar-refractivity contribution in [2.24, 2.45) is 5.10 Å². The van der Waals surface area contributed by atoms with E-state index >= 15 is 0 Å². The van der Waals surface area contributed by atoms with Gasteiger partial charge in [-0.05, 0) is 42.0 Å². The van der Waals surface area contributed by atoms with Crippen LogP contribution in [0.15, 0.2) is 76.3 Å². The maximum absolute atomic E-state index is 14.6. The molecule has 0 saturated carbocycles. The van der Waals surface area contributed by atoms with Gasteiger partial charge in [-0.15, -0.1) is 0 Å². The Morgan fingerprint density at radius 1 is 1.04 bits per heavy atom. The average Bonchev–Trinajstić information content (AvgIpc) is 3.15. The molecule has 0 N–H and O–H groups in total. The highest BCUT2D eigenvalue weighted by atomic mass is 79.9. The Kier molecular flexibility index (Phi) is 4.37. The van der Waals surface area contributed by atoms with Crippen molar-refractivity contribution in [3.8, 4) is 5.75 Å². The molecule has 140 valence electrons. The van der Waals surface area contributed by atoms with Crippen LogP contribution in [0, 0.1) is 5.82 Å². The van der Waals surface area contributed by atoms with Gasteiger partial charge in [0.15, 0.2) is 0 Å². The molecule has 3 nitrogen and oxygen atoms in total. The van der Waals surface area contributed by atoms with Crippen molar-refractivity contribution in [3.63, 3.8) is 0 Å². The van der Waals surface area contributed by atoms with Gasteiger partial charge in [0.1, 0.15) is 11.6 Å². The number of fused-ring (bicyclic) bond motifs is 3. The summed E-state index contributed by atoms with van der Waals surface area (Å²) in [5.41, 5.74) is 3.43. The first kappa shape index (κ1) is 17.7. The number of ether oxygens (including phenoxy) is 1. The highest BCUT2D eigenvalue weighted by Crippen LogP contribution is 2.48. The van der Waals surface area contributed by atoms with E-state index in [2.05, 4.69) is 15.9 Å². The fourth-order valence-electron chi connectivity index (χ4n) is 3.76. The monoisotopic (exact) mass is 456 g/mol. The van der Waals surface area contributed by atoms with Gasteiger partial charge in [-0.25, -0.2) is 9.40 Å². The molecule has 0 amide bonds. The Morgan fingerprint density at radius 3 is 2.64 bits per heavy atom. The van der Waals surface area contributed by atoms with Crippen LogP contribution in [0.3, 0.4) is 0 Å². The minimum Gasteiger partial charge on any atom is -0.464 e. The third-order valence-corrected chi connectivity index (χ3v) is 5.86. The number of rotatable bonds is 2. The fraction of sp³-hybridized carbons (Fsp3) is 0.136. The van der Waals surface area contributed by atoms with Gasteiger partial charge in [0, 0.05) is 21.5 Å². The molecule has 0 fully saturated rings. The molecule has 6 heteroatoms. The van der Waals surface area contributed by atoms with Crippen LogP contribution >= 0.6 is 27.5 Å². The normalized spacial score (nSPS) is 20.2. The zero-order chi connectivity index (χ0) is 19.3. The molecule has 0 aliphatic carbocycles. The maximum Gasteiger partial charge on any atom is 0.216 e. The first-order valence-corrected chi connectivity index (χ1v) is 10.1. The van der Waals surface area contributed by atoms with Crippen molar-refractivity contribution >= 4 is 33.2 Å². The Bertz CT molecular complexity index is 1090. The van der Waals surface area contributed by atoms with E-state index in [1.807, 2.05) is 53.5 Å². The number of halogens is 3. The molecule has 0 bridgehead atoms. The van der Waals surface area contributed by atoms with E-state index in [1.54, 1.807) is 6.07 Å². The van der Waals surface area contributed by atoms with Crippen LogP contribution in [-0.2, 0) is 0 Å². The van der Waals surface area contributed by atoms with E-state index in [4.69, 9.17) is 21.4 Å². The minimum atomic E-state index is -0.674. The van der Waals surface area contributed by atoms with Gasteiger partial charge in [-0.1, -0.05) is 57.9 Å². The second kappa shape index (κ2) is 6.90. The molecule has 0 radical (unpaired) electrons. The Balaban J connectivity index is 1.62. The smallest absolute Gasteiger partial charge is 0.216 e. The molecular formula is C22H15BrClFN2O. The third kappa shape index (κ3) is 2.99. The van der Waals surface area contributed by atoms with Gasteiger partial charge in [0.05, 0.1) is 17.3 Å². The quantitative estimate of drug-likeness (QED) is 0.440. The van der Waals surface area contributed by atoms with E-state index in [-0.39, 0.29) is 11.9 Å². The van der Waals surface area contributed by atoms with E-state index in [9.17, 15) is 4.39 Å². The summed E-state index contributed by atoms with van der Waals surface area (Å²) in [6.45, 7) is 0. The summed E-state index contributed by atoms with van der Waals surface area (Å²) in [5.74, 6) is 0.389. The first-order valence-electron chi connectivity index (χ1n) is 8.92. The SMILES string of the molecule is Fc1ccc(Cl)cc1[C@@H]1Oc2ccccc2[C@@H]2CC(c3ccc(Br)cc3)=NN21. The number of hydrazone groups is 1. The number of hydrogen-bond donors (Lipinski definition) is 0. The molecule has 0 unspecified atom stereocenters. The highest BCUT2D eigenvalue weighted by Gasteiger charge is 2.41. The van der Waals surface area contributed by atoms with Crippen LogP contribution in [0.2, 0.25) is 5.02 Å². The number of para-hydroxylation sites is 1. The summed E-state index contributed by atoms with van der Waals surface area (Å²) in [6.07, 6.45) is 0.0484. The summed E-state index contributed by atoms with van der Waals surface area (Å²) in [4.78, 5) is 0. The lowest BCUT2D eigenvalue weighted by molar-refractivity contribution is -0.0211. The molecule has 0 aromatic heterocycles. The van der Waals surface area contributed by atoms with Crippen molar-refractivity contribution < 1.29 is 9.13 Å². The Morgan fingerprint density at radius 2 is 1.82 bits per heavy atom. The van der Waals surface area contributed by atoms with E-state index < -0.39 is 6.23 Å². The van der Waals surface area contributed by atoms with Crippen LogP contribution in [0.25, 0.3) is 0 Å². The third-order valence-electron chi connectivity index (χ3n) is 5.10. The molecular weight excluding hydrogens is 443 g/mol. The topological polar surface area (TPSA) is 24.8 Å². The fourth-order valence-corrected chi connectivity index (χ4v) is 4.20. The lowest BCUT2D eigenvalue weighted by atomic mass is 9.96. The molecule has 5 rings (SSSR count). The second-order valence-corrected chi connectivity index (χ2v) is 8.18. The average molecular weight is 458 g/mol. The summed E-state index contributed by atoms with van der Waals surface area (Å²) < 4.78 is 21.8. The van der Waals surface area contributed by atoms with Crippen LogP contribution in [0.1, 0.15) is 35.4 Å². The molecule has 2 atom stereocenters. The molecule has 2 aliphatic heterocycles. The van der Waals surface area contributed by atoms with Gasteiger partial charge < -0.3 is 4.74 Å². The predicted octanol–water partition coefficient (Wildman–Crippen LogP) is 6.48. The van der Waals surface area contributed by atoms with Gasteiger partial charge in [0.25, 0.3) is 0 Å². The minimum absolute atomic E-state index is 0.0213. The summed E-state index contributed by atoms with van der Waals surface area (Å²) in [7, 11) is 0. The molecule has 0 spiro atoms. The van der Waals surface area contributed by atoms with Crippen LogP contribution in [0.4, 0.5) is 4.39 Å². The van der Waals surface area contributed by atoms with E-state index in [0.29, 0.717) is 10.6 Å². The lowest BCUT2D eigenvalue weighted by Crippen LogP contribution is -2.34. The van der Waals surface area contributed by atoms with Gasteiger partial charge in [0.2, 0.25) is 6.23 Å². The molecule has 3 aromatic carbocycles. The molecule has 3 aromatic rings. The zero-order valence-electron chi connectivity index (χ0n) is 14.6. The number of hydrogen-bond acceptors (Lipinski definition) is 3. The van der Waals surface area contributed by atoms with E-state index in [1.165, 1.54) is 12.1 Å². The number of nitrogens with zero attached hydrogens (tertiary/aromatic N) is 2.